The number of nitrogens with zero attached hydrogens (tertiary/aromatic N) is 2. The van der Waals surface area contributed by atoms with Crippen LogP contribution in [0.25, 0.3) is 5.52 Å². The lowest BCUT2D eigenvalue weighted by Crippen LogP contribution is -2.06. The molecule has 1 N–H and O–H groups in total. The third-order valence-corrected chi connectivity index (χ3v) is 4.33. The van der Waals surface area contributed by atoms with E-state index < -0.39 is 0 Å². The predicted octanol–water partition coefficient (Wildman–Crippen LogP) is 2.34. The van der Waals surface area contributed by atoms with Crippen molar-refractivity contribution in [2.45, 2.75) is 12.8 Å². The summed E-state index contributed by atoms with van der Waals surface area (Å²) in [6, 6.07) is 5.53. The van der Waals surface area contributed by atoms with Gasteiger partial charge in [-0.3, -0.25) is 4.40 Å². The predicted molar refractivity (Wildman–Crippen MR) is 66.0 cm³/mol. The first-order valence-corrected chi connectivity index (χ1v) is 6.72. The molecule has 1 saturated heterocycles. The van der Waals surface area contributed by atoms with Gasteiger partial charge in [-0.05, 0) is 36.0 Å². The summed E-state index contributed by atoms with van der Waals surface area (Å²) in [7, 11) is 0. The Bertz CT molecular complexity index is 503. The van der Waals surface area contributed by atoms with E-state index in [9.17, 15) is 5.11 Å². The van der Waals surface area contributed by atoms with E-state index in [0.717, 1.165) is 23.7 Å². The molecular weight excluding hydrogens is 220 g/mol. The summed E-state index contributed by atoms with van der Waals surface area (Å²) in [5, 5.41) is 9.83. The minimum absolute atomic E-state index is 0.288. The normalized spacial score (nSPS) is 20.6. The number of thioether (sulfide) groups is 1. The van der Waals surface area contributed by atoms with E-state index in [0.29, 0.717) is 0 Å². The Morgan fingerprint density at radius 3 is 3.25 bits per heavy atom. The van der Waals surface area contributed by atoms with Gasteiger partial charge in [-0.15, -0.1) is 0 Å². The van der Waals surface area contributed by atoms with Crippen LogP contribution in [0.1, 0.15) is 12.2 Å². The Labute approximate surface area is 98.5 Å². The van der Waals surface area contributed by atoms with E-state index in [2.05, 4.69) is 4.98 Å². The third-order valence-electron chi connectivity index (χ3n) is 3.10. The number of aromatic nitrogens is 2. The van der Waals surface area contributed by atoms with Crippen molar-refractivity contribution < 1.29 is 5.11 Å². The van der Waals surface area contributed by atoms with Gasteiger partial charge in [0.2, 0.25) is 0 Å². The fraction of sp³-hybridized carbons (Fsp3) is 0.417. The lowest BCUT2D eigenvalue weighted by molar-refractivity contribution is 0.439. The first kappa shape index (κ1) is 10.0. The molecule has 1 unspecified atom stereocenters. The van der Waals surface area contributed by atoms with Gasteiger partial charge in [0.05, 0.1) is 11.7 Å². The van der Waals surface area contributed by atoms with Crippen molar-refractivity contribution in [2.75, 3.05) is 11.5 Å². The lowest BCUT2D eigenvalue weighted by atomic mass is 10.1. The van der Waals surface area contributed by atoms with Crippen LogP contribution in [0, 0.1) is 5.92 Å². The van der Waals surface area contributed by atoms with Crippen molar-refractivity contribution in [1.29, 1.82) is 0 Å². The third kappa shape index (κ3) is 1.67. The molecule has 1 aliphatic heterocycles. The highest BCUT2D eigenvalue weighted by molar-refractivity contribution is 7.99. The number of aromatic hydroxyl groups is 1. The topological polar surface area (TPSA) is 37.5 Å². The second-order valence-electron chi connectivity index (χ2n) is 4.25. The molecule has 2 aromatic heterocycles. The summed E-state index contributed by atoms with van der Waals surface area (Å²) < 4.78 is 1.85. The quantitative estimate of drug-likeness (QED) is 0.866. The van der Waals surface area contributed by atoms with Crippen LogP contribution >= 0.6 is 11.8 Å². The second kappa shape index (κ2) is 4.01. The van der Waals surface area contributed by atoms with Gasteiger partial charge in [-0.25, -0.2) is 4.98 Å². The van der Waals surface area contributed by atoms with Crippen molar-refractivity contribution >= 4 is 17.3 Å². The van der Waals surface area contributed by atoms with Crippen LogP contribution in [0.5, 0.6) is 5.88 Å². The molecule has 16 heavy (non-hydrogen) atoms. The molecule has 0 aromatic carbocycles. The number of rotatable bonds is 2. The Balaban J connectivity index is 1.97. The summed E-state index contributed by atoms with van der Waals surface area (Å²) >= 11 is 2.01. The molecular formula is C12H14N2OS. The van der Waals surface area contributed by atoms with Gasteiger partial charge in [0.1, 0.15) is 5.82 Å². The molecule has 0 saturated carbocycles. The molecule has 3 rings (SSSR count). The average molecular weight is 234 g/mol. The zero-order valence-electron chi connectivity index (χ0n) is 8.97. The zero-order chi connectivity index (χ0) is 11.0. The molecule has 0 spiro atoms. The molecule has 3 heterocycles. The monoisotopic (exact) mass is 234 g/mol. The van der Waals surface area contributed by atoms with Gasteiger partial charge in [-0.2, -0.15) is 11.8 Å². The van der Waals surface area contributed by atoms with Crippen molar-refractivity contribution in [3.8, 4) is 5.88 Å². The first-order chi connectivity index (χ1) is 7.84. The molecule has 3 nitrogen and oxygen atoms in total. The molecule has 4 heteroatoms. The summed E-state index contributed by atoms with van der Waals surface area (Å²) in [4.78, 5) is 4.41. The second-order valence-corrected chi connectivity index (χ2v) is 5.40. The molecule has 2 aromatic rings. The van der Waals surface area contributed by atoms with Crippen molar-refractivity contribution in [1.82, 2.24) is 9.38 Å². The van der Waals surface area contributed by atoms with E-state index in [4.69, 9.17) is 0 Å². The average Bonchev–Trinajstić information content (AvgIpc) is 2.90. The maximum Gasteiger partial charge on any atom is 0.197 e. The highest BCUT2D eigenvalue weighted by atomic mass is 32.2. The van der Waals surface area contributed by atoms with Gasteiger partial charge in [0.15, 0.2) is 5.88 Å². The van der Waals surface area contributed by atoms with Crippen LogP contribution < -0.4 is 0 Å². The molecule has 0 amide bonds. The lowest BCUT2D eigenvalue weighted by Gasteiger charge is -2.08. The summed E-state index contributed by atoms with van der Waals surface area (Å²) in [5.41, 5.74) is 0.973. The van der Waals surface area contributed by atoms with Crippen LogP contribution in [0.4, 0.5) is 0 Å². The zero-order valence-corrected chi connectivity index (χ0v) is 9.78. The Kier molecular flexibility index (Phi) is 2.52. The summed E-state index contributed by atoms with van der Waals surface area (Å²) in [6.07, 6.45) is 4.07. The van der Waals surface area contributed by atoms with Gasteiger partial charge in [0, 0.05) is 6.42 Å². The standard InChI is InChI=1S/C12H14N2OS/c15-12-3-1-2-10-7-13-11(14(10)12)6-9-4-5-16-8-9/h1-3,7,9,15H,4-6,8H2. The Hall–Kier alpha value is -1.16. The highest BCUT2D eigenvalue weighted by Gasteiger charge is 2.18. The Morgan fingerprint density at radius 1 is 1.50 bits per heavy atom. The van der Waals surface area contributed by atoms with Gasteiger partial charge in [0.25, 0.3) is 0 Å². The number of fused-ring (bicyclic) bond motifs is 1. The number of hydrogen-bond acceptors (Lipinski definition) is 3. The SMILES string of the molecule is Oc1cccc2cnc(CC3CCSC3)n12. The van der Waals surface area contributed by atoms with Crippen molar-refractivity contribution in [3.05, 3.63) is 30.2 Å². The molecule has 1 aliphatic rings. The van der Waals surface area contributed by atoms with Crippen LogP contribution in [0.15, 0.2) is 24.4 Å². The van der Waals surface area contributed by atoms with Gasteiger partial charge < -0.3 is 5.11 Å². The van der Waals surface area contributed by atoms with E-state index in [1.807, 2.05) is 34.5 Å². The molecule has 0 radical (unpaired) electrons. The van der Waals surface area contributed by atoms with Gasteiger partial charge >= 0.3 is 0 Å². The maximum absolute atomic E-state index is 9.83. The molecule has 1 atom stereocenters. The highest BCUT2D eigenvalue weighted by Crippen LogP contribution is 2.27. The first-order valence-electron chi connectivity index (χ1n) is 5.56. The van der Waals surface area contributed by atoms with E-state index in [-0.39, 0.29) is 5.88 Å². The van der Waals surface area contributed by atoms with E-state index in [1.165, 1.54) is 17.9 Å². The number of imidazole rings is 1. The molecule has 0 aliphatic carbocycles. The Morgan fingerprint density at radius 2 is 2.44 bits per heavy atom. The van der Waals surface area contributed by atoms with Crippen LogP contribution in [0.2, 0.25) is 0 Å². The summed E-state index contributed by atoms with van der Waals surface area (Å²) in [5.74, 6) is 4.48. The minimum atomic E-state index is 0.288. The van der Waals surface area contributed by atoms with E-state index in [1.54, 1.807) is 6.07 Å². The largest absolute Gasteiger partial charge is 0.494 e. The van der Waals surface area contributed by atoms with Crippen molar-refractivity contribution in [3.63, 3.8) is 0 Å². The van der Waals surface area contributed by atoms with E-state index >= 15 is 0 Å². The summed E-state index contributed by atoms with van der Waals surface area (Å²) in [6.45, 7) is 0. The fourth-order valence-corrected chi connectivity index (χ4v) is 3.53. The number of pyridine rings is 1. The smallest absolute Gasteiger partial charge is 0.197 e. The maximum atomic E-state index is 9.83. The van der Waals surface area contributed by atoms with Crippen LogP contribution in [-0.2, 0) is 6.42 Å². The van der Waals surface area contributed by atoms with Crippen LogP contribution in [0.3, 0.4) is 0 Å². The fourth-order valence-electron chi connectivity index (χ4n) is 2.24. The molecule has 0 bridgehead atoms. The van der Waals surface area contributed by atoms with Crippen LogP contribution in [-0.4, -0.2) is 26.0 Å². The van der Waals surface area contributed by atoms with Gasteiger partial charge in [-0.1, -0.05) is 6.07 Å². The molecule has 1 fully saturated rings. The molecule has 84 valence electrons. The number of hydrogen-bond donors (Lipinski definition) is 1. The minimum Gasteiger partial charge on any atom is -0.494 e. The van der Waals surface area contributed by atoms with Crippen molar-refractivity contribution in [2.24, 2.45) is 5.92 Å².